The van der Waals surface area contributed by atoms with E-state index in [1.807, 2.05) is 30.3 Å². The quantitative estimate of drug-likeness (QED) is 0.694. The van der Waals surface area contributed by atoms with Crippen LogP contribution in [-0.2, 0) is 4.74 Å². The van der Waals surface area contributed by atoms with Gasteiger partial charge in [-0.25, -0.2) is 14.3 Å². The molecule has 21 heavy (non-hydrogen) atoms. The standard InChI is InChI=1S/C16H15N3O2/c1-3-21-16(20)13-10-19-14(9-11(2)18-19)17-15(13)12-7-5-4-6-8-12/h4-10H,3H2,1-2H3/i2D3. The van der Waals surface area contributed by atoms with Crippen molar-refractivity contribution >= 4 is 11.6 Å². The first kappa shape index (κ1) is 10.1. The van der Waals surface area contributed by atoms with Crippen LogP contribution in [0.4, 0.5) is 0 Å². The van der Waals surface area contributed by atoms with Crippen LogP contribution in [0.3, 0.4) is 0 Å². The molecule has 0 aliphatic carbocycles. The summed E-state index contributed by atoms with van der Waals surface area (Å²) in [5.41, 5.74) is 1.68. The van der Waals surface area contributed by atoms with Crippen LogP contribution in [0.2, 0.25) is 0 Å². The molecule has 5 nitrogen and oxygen atoms in total. The molecule has 3 rings (SSSR count). The molecule has 0 spiro atoms. The molecule has 0 saturated heterocycles. The van der Waals surface area contributed by atoms with Gasteiger partial charge in [-0.2, -0.15) is 5.10 Å². The predicted molar refractivity (Wildman–Crippen MR) is 79.1 cm³/mol. The van der Waals surface area contributed by atoms with E-state index in [1.165, 1.54) is 16.8 Å². The van der Waals surface area contributed by atoms with E-state index in [1.54, 1.807) is 6.92 Å². The first-order valence-electron chi connectivity index (χ1n) is 8.03. The molecule has 0 aliphatic rings. The monoisotopic (exact) mass is 284 g/mol. The first-order valence-corrected chi connectivity index (χ1v) is 6.53. The van der Waals surface area contributed by atoms with Crippen LogP contribution in [0, 0.1) is 6.85 Å². The average Bonchev–Trinajstić information content (AvgIpc) is 2.98. The molecule has 0 N–H and O–H groups in total. The van der Waals surface area contributed by atoms with E-state index in [0.29, 0.717) is 11.3 Å². The molecule has 0 aliphatic heterocycles. The van der Waals surface area contributed by atoms with Gasteiger partial charge < -0.3 is 4.74 Å². The lowest BCUT2D eigenvalue weighted by Gasteiger charge is -2.09. The van der Waals surface area contributed by atoms with E-state index in [4.69, 9.17) is 8.85 Å². The van der Waals surface area contributed by atoms with Crippen molar-refractivity contribution < 1.29 is 13.6 Å². The zero-order valence-electron chi connectivity index (χ0n) is 14.4. The number of benzene rings is 1. The number of carbonyl (C=O) groups is 1. The molecule has 0 bridgehead atoms. The highest BCUT2D eigenvalue weighted by Gasteiger charge is 2.17. The van der Waals surface area contributed by atoms with E-state index in [2.05, 4.69) is 10.1 Å². The molecule has 0 radical (unpaired) electrons. The Morgan fingerprint density at radius 3 is 2.90 bits per heavy atom. The largest absolute Gasteiger partial charge is 0.462 e. The van der Waals surface area contributed by atoms with Crippen LogP contribution in [0.15, 0.2) is 42.6 Å². The van der Waals surface area contributed by atoms with Crippen molar-refractivity contribution in [3.05, 3.63) is 53.9 Å². The highest BCUT2D eigenvalue weighted by Crippen LogP contribution is 2.23. The number of rotatable bonds is 3. The number of aryl methyl sites for hydroxylation is 1. The number of esters is 1. The third kappa shape index (κ3) is 2.50. The van der Waals surface area contributed by atoms with Gasteiger partial charge in [0.1, 0.15) is 5.56 Å². The fourth-order valence-electron chi connectivity index (χ4n) is 2.10. The first-order chi connectivity index (χ1) is 11.4. The molecule has 1 aromatic carbocycles. The summed E-state index contributed by atoms with van der Waals surface area (Å²) in [6.07, 6.45) is 1.46. The normalized spacial score (nSPS) is 13.5. The zero-order chi connectivity index (χ0) is 17.3. The highest BCUT2D eigenvalue weighted by atomic mass is 16.5. The van der Waals surface area contributed by atoms with Gasteiger partial charge >= 0.3 is 5.97 Å². The predicted octanol–water partition coefficient (Wildman–Crippen LogP) is 2.88. The molecule has 0 saturated carbocycles. The Balaban J connectivity index is 2.23. The van der Waals surface area contributed by atoms with Crippen molar-refractivity contribution in [3.63, 3.8) is 0 Å². The lowest BCUT2D eigenvalue weighted by molar-refractivity contribution is 0.0526. The second kappa shape index (κ2) is 5.36. The molecule has 3 aromatic rings. The fraction of sp³-hybridized carbons (Fsp3) is 0.188. The maximum absolute atomic E-state index is 12.3. The number of fused-ring (bicyclic) bond motifs is 1. The van der Waals surface area contributed by atoms with Crippen molar-refractivity contribution in [2.24, 2.45) is 0 Å². The van der Waals surface area contributed by atoms with Gasteiger partial charge in [-0.05, 0) is 13.8 Å². The second-order valence-corrected chi connectivity index (χ2v) is 4.42. The molecule has 2 heterocycles. The fourth-order valence-corrected chi connectivity index (χ4v) is 2.10. The average molecular weight is 284 g/mol. The topological polar surface area (TPSA) is 56.5 Å². The van der Waals surface area contributed by atoms with E-state index >= 15 is 0 Å². The number of hydrogen-bond acceptors (Lipinski definition) is 4. The summed E-state index contributed by atoms with van der Waals surface area (Å²) in [5.74, 6) is -0.531. The summed E-state index contributed by atoms with van der Waals surface area (Å²) >= 11 is 0. The molecule has 106 valence electrons. The summed E-state index contributed by atoms with van der Waals surface area (Å²) < 4.78 is 28.8. The molecule has 0 amide bonds. The summed E-state index contributed by atoms with van der Waals surface area (Å²) in [4.78, 5) is 16.7. The van der Waals surface area contributed by atoms with Crippen LogP contribution in [0.1, 0.15) is 27.1 Å². The van der Waals surface area contributed by atoms with Gasteiger partial charge in [-0.15, -0.1) is 0 Å². The Hall–Kier alpha value is -2.69. The second-order valence-electron chi connectivity index (χ2n) is 4.42. The van der Waals surface area contributed by atoms with Crippen molar-refractivity contribution in [2.45, 2.75) is 13.8 Å². The Bertz CT molecular complexity index is 889. The summed E-state index contributed by atoms with van der Waals surface area (Å²) in [6.45, 7) is -0.401. The van der Waals surface area contributed by atoms with Gasteiger partial charge in [0.25, 0.3) is 0 Å². The van der Waals surface area contributed by atoms with Crippen molar-refractivity contribution in [1.82, 2.24) is 14.6 Å². The molecule has 0 fully saturated rings. The Kier molecular flexibility index (Phi) is 2.58. The van der Waals surface area contributed by atoms with Gasteiger partial charge in [0.15, 0.2) is 5.65 Å². The summed E-state index contributed by atoms with van der Waals surface area (Å²) in [7, 11) is 0. The van der Waals surface area contributed by atoms with Gasteiger partial charge in [-0.1, -0.05) is 30.3 Å². The van der Waals surface area contributed by atoms with Crippen LogP contribution >= 0.6 is 0 Å². The minimum absolute atomic E-state index is 0.0741. The van der Waals surface area contributed by atoms with Crippen LogP contribution in [-0.4, -0.2) is 27.2 Å². The van der Waals surface area contributed by atoms with Crippen LogP contribution < -0.4 is 0 Å². The number of carbonyl (C=O) groups excluding carboxylic acids is 1. The van der Waals surface area contributed by atoms with E-state index < -0.39 is 12.8 Å². The van der Waals surface area contributed by atoms with Crippen molar-refractivity contribution in [2.75, 3.05) is 6.61 Å². The Labute approximate surface area is 126 Å². The smallest absolute Gasteiger partial charge is 0.341 e. The molecule has 2 aromatic heterocycles. The molecule has 5 heteroatoms. The minimum Gasteiger partial charge on any atom is -0.462 e. The molecule has 0 unspecified atom stereocenters. The summed E-state index contributed by atoms with van der Waals surface area (Å²) in [5, 5.41) is 4.01. The SMILES string of the molecule is [2H]C([2H])([2H])c1cc2nc(-c3ccccc3)c(C(=O)OCC)cn2n1. The lowest BCUT2D eigenvalue weighted by Crippen LogP contribution is -2.10. The molecular formula is C16H15N3O2. The number of nitrogens with zero attached hydrogens (tertiary/aromatic N) is 3. The third-order valence-electron chi connectivity index (χ3n) is 2.99. The maximum atomic E-state index is 12.3. The summed E-state index contributed by atoms with van der Waals surface area (Å²) in [6, 6.07) is 10.6. The Morgan fingerprint density at radius 2 is 2.19 bits per heavy atom. The van der Waals surface area contributed by atoms with Gasteiger partial charge in [0, 0.05) is 21.9 Å². The van der Waals surface area contributed by atoms with Crippen LogP contribution in [0.25, 0.3) is 16.9 Å². The van der Waals surface area contributed by atoms with Crippen molar-refractivity contribution in [1.29, 1.82) is 0 Å². The lowest BCUT2D eigenvalue weighted by atomic mass is 10.1. The van der Waals surface area contributed by atoms with Crippen LogP contribution in [0.5, 0.6) is 0 Å². The third-order valence-corrected chi connectivity index (χ3v) is 2.99. The zero-order valence-corrected chi connectivity index (χ0v) is 11.4. The molecule has 0 atom stereocenters. The van der Waals surface area contributed by atoms with E-state index in [0.717, 1.165) is 5.56 Å². The van der Waals surface area contributed by atoms with E-state index in [-0.39, 0.29) is 17.9 Å². The van der Waals surface area contributed by atoms with Gasteiger partial charge in [-0.3, -0.25) is 0 Å². The maximum Gasteiger partial charge on any atom is 0.341 e. The number of hydrogen-bond donors (Lipinski definition) is 0. The molecular weight excluding hydrogens is 266 g/mol. The number of ether oxygens (including phenoxy) is 1. The number of aromatic nitrogens is 3. The van der Waals surface area contributed by atoms with Crippen molar-refractivity contribution in [3.8, 4) is 11.3 Å². The highest BCUT2D eigenvalue weighted by molar-refractivity contribution is 5.96. The van der Waals surface area contributed by atoms with E-state index in [9.17, 15) is 4.79 Å². The van der Waals surface area contributed by atoms with Gasteiger partial charge in [0.05, 0.1) is 18.0 Å². The van der Waals surface area contributed by atoms with Gasteiger partial charge in [0.2, 0.25) is 0 Å². The minimum atomic E-state index is -2.34. The Morgan fingerprint density at radius 1 is 1.38 bits per heavy atom.